The summed E-state index contributed by atoms with van der Waals surface area (Å²) < 4.78 is 10.9. The van der Waals surface area contributed by atoms with E-state index < -0.39 is 6.09 Å². The number of alkyl carbamates (subject to hydrolysis) is 1. The highest BCUT2D eigenvalue weighted by molar-refractivity contribution is 5.67. The minimum Gasteiger partial charge on any atom is -0.488 e. The number of ether oxygens (including phenoxy) is 2. The maximum atomic E-state index is 11.6. The highest BCUT2D eigenvalue weighted by atomic mass is 16.5. The summed E-state index contributed by atoms with van der Waals surface area (Å²) in [5.74, 6) is 6.69. The van der Waals surface area contributed by atoms with Crippen molar-refractivity contribution in [1.29, 1.82) is 0 Å². The van der Waals surface area contributed by atoms with Gasteiger partial charge in [-0.15, -0.1) is 0 Å². The fourth-order valence-corrected chi connectivity index (χ4v) is 2.00. The van der Waals surface area contributed by atoms with Crippen molar-refractivity contribution in [3.8, 4) is 17.6 Å². The van der Waals surface area contributed by atoms with Crippen molar-refractivity contribution in [2.24, 2.45) is 0 Å². The molecule has 2 rings (SSSR count). The summed E-state index contributed by atoms with van der Waals surface area (Å²) >= 11 is 0. The molecule has 1 N–H and O–H groups in total. The minimum atomic E-state index is -0.480. The van der Waals surface area contributed by atoms with Crippen LogP contribution in [0.4, 0.5) is 4.79 Å². The van der Waals surface area contributed by atoms with Crippen LogP contribution in [0, 0.1) is 11.8 Å². The second-order valence-electron chi connectivity index (χ2n) is 6.46. The number of amides is 1. The van der Waals surface area contributed by atoms with Crippen molar-refractivity contribution in [2.75, 3.05) is 6.54 Å². The standard InChI is InChI=1S/C21H23NO3/c1-21(2,3)25-19-13-11-17(12-14-19)10-7-15-22-20(23)24-16-18-8-5-4-6-9-18/h4-6,8-9,11-14H,15-16H2,1-3H3,(H,22,23). The molecular weight excluding hydrogens is 314 g/mol. The molecule has 2 aromatic carbocycles. The largest absolute Gasteiger partial charge is 0.488 e. The van der Waals surface area contributed by atoms with E-state index in [0.717, 1.165) is 16.9 Å². The van der Waals surface area contributed by atoms with E-state index in [1.807, 2.05) is 75.4 Å². The zero-order valence-electron chi connectivity index (χ0n) is 14.8. The Balaban J connectivity index is 1.73. The molecular formula is C21H23NO3. The Morgan fingerprint density at radius 1 is 1.04 bits per heavy atom. The summed E-state index contributed by atoms with van der Waals surface area (Å²) in [6, 6.07) is 17.1. The number of carbonyl (C=O) groups excluding carboxylic acids is 1. The van der Waals surface area contributed by atoms with Gasteiger partial charge in [-0.3, -0.25) is 0 Å². The maximum absolute atomic E-state index is 11.6. The van der Waals surface area contributed by atoms with E-state index in [9.17, 15) is 4.79 Å². The van der Waals surface area contributed by atoms with Crippen LogP contribution in [-0.4, -0.2) is 18.2 Å². The maximum Gasteiger partial charge on any atom is 0.408 e. The van der Waals surface area contributed by atoms with Gasteiger partial charge < -0.3 is 14.8 Å². The van der Waals surface area contributed by atoms with Gasteiger partial charge in [0.25, 0.3) is 0 Å². The van der Waals surface area contributed by atoms with Crippen LogP contribution < -0.4 is 10.1 Å². The van der Waals surface area contributed by atoms with Gasteiger partial charge in [0.15, 0.2) is 0 Å². The molecule has 25 heavy (non-hydrogen) atoms. The minimum absolute atomic E-state index is 0.225. The highest BCUT2D eigenvalue weighted by Crippen LogP contribution is 2.18. The van der Waals surface area contributed by atoms with Gasteiger partial charge in [-0.1, -0.05) is 42.2 Å². The van der Waals surface area contributed by atoms with Crippen LogP contribution in [0.1, 0.15) is 31.9 Å². The first-order valence-corrected chi connectivity index (χ1v) is 8.15. The Morgan fingerprint density at radius 3 is 2.36 bits per heavy atom. The molecule has 0 unspecified atom stereocenters. The lowest BCUT2D eigenvalue weighted by molar-refractivity contribution is 0.131. The Bertz CT molecular complexity index is 735. The van der Waals surface area contributed by atoms with E-state index in [2.05, 4.69) is 17.2 Å². The summed E-state index contributed by atoms with van der Waals surface area (Å²) in [4.78, 5) is 11.6. The molecule has 0 aliphatic heterocycles. The summed E-state index contributed by atoms with van der Waals surface area (Å²) in [6.45, 7) is 6.49. The lowest BCUT2D eigenvalue weighted by atomic mass is 10.2. The molecule has 0 fully saturated rings. The van der Waals surface area contributed by atoms with Crippen LogP contribution in [0.25, 0.3) is 0 Å². The normalized spacial score (nSPS) is 10.4. The SMILES string of the molecule is CC(C)(C)Oc1ccc(C#CCNC(=O)OCc2ccccc2)cc1. The third kappa shape index (κ3) is 7.45. The molecule has 0 atom stereocenters. The third-order valence-electron chi connectivity index (χ3n) is 3.04. The second-order valence-corrected chi connectivity index (χ2v) is 6.46. The van der Waals surface area contributed by atoms with Crippen molar-refractivity contribution in [2.45, 2.75) is 33.0 Å². The van der Waals surface area contributed by atoms with E-state index in [4.69, 9.17) is 9.47 Å². The Morgan fingerprint density at radius 2 is 1.72 bits per heavy atom. The molecule has 0 heterocycles. The Hall–Kier alpha value is -2.93. The van der Waals surface area contributed by atoms with Gasteiger partial charge >= 0.3 is 6.09 Å². The predicted octanol–water partition coefficient (Wildman–Crippen LogP) is 4.14. The topological polar surface area (TPSA) is 47.6 Å². The van der Waals surface area contributed by atoms with Crippen molar-refractivity contribution < 1.29 is 14.3 Å². The van der Waals surface area contributed by atoms with E-state index in [1.165, 1.54) is 0 Å². The quantitative estimate of drug-likeness (QED) is 0.853. The molecule has 2 aromatic rings. The monoisotopic (exact) mass is 337 g/mol. The molecule has 0 aliphatic rings. The lowest BCUT2D eigenvalue weighted by Crippen LogP contribution is -2.24. The average Bonchev–Trinajstić information content (AvgIpc) is 2.58. The van der Waals surface area contributed by atoms with Crippen molar-refractivity contribution in [3.05, 3.63) is 65.7 Å². The molecule has 4 nitrogen and oxygen atoms in total. The lowest BCUT2D eigenvalue weighted by Gasteiger charge is -2.21. The van der Waals surface area contributed by atoms with E-state index in [1.54, 1.807) is 0 Å². The Kier molecular flexibility index (Phi) is 6.47. The van der Waals surface area contributed by atoms with Crippen molar-refractivity contribution in [1.82, 2.24) is 5.32 Å². The molecule has 1 amide bonds. The molecule has 0 aromatic heterocycles. The first-order valence-electron chi connectivity index (χ1n) is 8.15. The predicted molar refractivity (Wildman–Crippen MR) is 98.3 cm³/mol. The van der Waals surface area contributed by atoms with Gasteiger partial charge in [0.2, 0.25) is 0 Å². The van der Waals surface area contributed by atoms with Gasteiger partial charge in [0.05, 0.1) is 6.54 Å². The van der Waals surface area contributed by atoms with E-state index in [-0.39, 0.29) is 18.8 Å². The Labute approximate surface area is 149 Å². The number of rotatable bonds is 4. The third-order valence-corrected chi connectivity index (χ3v) is 3.04. The van der Waals surface area contributed by atoms with Crippen LogP contribution in [0.15, 0.2) is 54.6 Å². The second kappa shape index (κ2) is 8.79. The first kappa shape index (κ1) is 18.4. The fraction of sp³-hybridized carbons (Fsp3) is 0.286. The van der Waals surface area contributed by atoms with E-state index in [0.29, 0.717) is 0 Å². The molecule has 0 bridgehead atoms. The van der Waals surface area contributed by atoms with Gasteiger partial charge in [0, 0.05) is 5.56 Å². The molecule has 0 saturated heterocycles. The molecule has 0 aliphatic carbocycles. The first-order chi connectivity index (χ1) is 11.9. The number of hydrogen-bond acceptors (Lipinski definition) is 3. The summed E-state index contributed by atoms with van der Waals surface area (Å²) in [5, 5.41) is 2.61. The van der Waals surface area contributed by atoms with Gasteiger partial charge in [0.1, 0.15) is 18.0 Å². The van der Waals surface area contributed by atoms with Crippen LogP contribution in [0.3, 0.4) is 0 Å². The zero-order valence-corrected chi connectivity index (χ0v) is 14.8. The number of nitrogens with one attached hydrogen (secondary N) is 1. The molecule has 4 heteroatoms. The van der Waals surface area contributed by atoms with Gasteiger partial charge in [-0.05, 0) is 50.6 Å². The van der Waals surface area contributed by atoms with Gasteiger partial charge in [-0.25, -0.2) is 4.79 Å². The van der Waals surface area contributed by atoms with Crippen LogP contribution >= 0.6 is 0 Å². The molecule has 0 spiro atoms. The smallest absolute Gasteiger partial charge is 0.408 e. The highest BCUT2D eigenvalue weighted by Gasteiger charge is 2.10. The van der Waals surface area contributed by atoms with Gasteiger partial charge in [-0.2, -0.15) is 0 Å². The summed E-state index contributed by atoms with van der Waals surface area (Å²) in [7, 11) is 0. The fourth-order valence-electron chi connectivity index (χ4n) is 2.00. The summed E-state index contributed by atoms with van der Waals surface area (Å²) in [5.41, 5.74) is 1.58. The zero-order chi connectivity index (χ0) is 18.1. The van der Waals surface area contributed by atoms with Crippen molar-refractivity contribution >= 4 is 6.09 Å². The molecule has 130 valence electrons. The number of carbonyl (C=O) groups is 1. The number of hydrogen-bond donors (Lipinski definition) is 1. The van der Waals surface area contributed by atoms with Crippen LogP contribution in [0.5, 0.6) is 5.75 Å². The van der Waals surface area contributed by atoms with E-state index >= 15 is 0 Å². The van der Waals surface area contributed by atoms with Crippen LogP contribution in [-0.2, 0) is 11.3 Å². The molecule has 0 saturated carbocycles. The van der Waals surface area contributed by atoms with Crippen LogP contribution in [0.2, 0.25) is 0 Å². The van der Waals surface area contributed by atoms with Crippen molar-refractivity contribution in [3.63, 3.8) is 0 Å². The number of benzene rings is 2. The molecule has 0 radical (unpaired) electrons. The summed E-state index contributed by atoms with van der Waals surface area (Å²) in [6.07, 6.45) is -0.480. The average molecular weight is 337 g/mol.